The number of amides is 2. The molecule has 0 spiro atoms. The third-order valence-corrected chi connectivity index (χ3v) is 5.01. The first-order chi connectivity index (χ1) is 13.9. The number of nitrogens with one attached hydrogen (secondary N) is 1. The predicted octanol–water partition coefficient (Wildman–Crippen LogP) is 2.96. The lowest BCUT2D eigenvalue weighted by atomic mass is 10.1. The van der Waals surface area contributed by atoms with Gasteiger partial charge in [0.1, 0.15) is 11.6 Å². The molecule has 2 amide bonds. The summed E-state index contributed by atoms with van der Waals surface area (Å²) in [5, 5.41) is 2.86. The van der Waals surface area contributed by atoms with Gasteiger partial charge in [-0.1, -0.05) is 30.3 Å². The molecule has 1 heterocycles. The van der Waals surface area contributed by atoms with E-state index in [2.05, 4.69) is 22.3 Å². The van der Waals surface area contributed by atoms with Gasteiger partial charge in [0.25, 0.3) is 0 Å². The molecule has 0 saturated carbocycles. The highest BCUT2D eigenvalue weighted by Crippen LogP contribution is 2.28. The minimum Gasteiger partial charge on any atom is -0.356 e. The quantitative estimate of drug-likeness (QED) is 0.692. The van der Waals surface area contributed by atoms with Crippen LogP contribution in [0.4, 0.5) is 14.5 Å². The van der Waals surface area contributed by atoms with Crippen LogP contribution in [0, 0.1) is 17.6 Å². The Morgan fingerprint density at radius 1 is 1.21 bits per heavy atom. The van der Waals surface area contributed by atoms with E-state index in [1.54, 1.807) is 0 Å². The van der Waals surface area contributed by atoms with Gasteiger partial charge in [-0.15, -0.1) is 0 Å². The lowest BCUT2D eigenvalue weighted by Gasteiger charge is -2.18. The van der Waals surface area contributed by atoms with E-state index in [1.165, 1.54) is 16.5 Å². The van der Waals surface area contributed by atoms with Crippen LogP contribution in [-0.2, 0) is 16.1 Å². The summed E-state index contributed by atoms with van der Waals surface area (Å²) in [4.78, 5) is 28.0. The maximum atomic E-state index is 13.9. The van der Waals surface area contributed by atoms with Crippen LogP contribution in [0.5, 0.6) is 0 Å². The van der Waals surface area contributed by atoms with Crippen LogP contribution in [0.3, 0.4) is 0 Å². The van der Waals surface area contributed by atoms with E-state index in [1.807, 2.05) is 25.2 Å². The van der Waals surface area contributed by atoms with E-state index in [4.69, 9.17) is 0 Å². The first-order valence-electron chi connectivity index (χ1n) is 9.69. The van der Waals surface area contributed by atoms with Gasteiger partial charge in [0.05, 0.1) is 11.6 Å². The summed E-state index contributed by atoms with van der Waals surface area (Å²) < 4.78 is 27.0. The second-order valence-corrected chi connectivity index (χ2v) is 7.37. The van der Waals surface area contributed by atoms with Gasteiger partial charge in [0.15, 0.2) is 0 Å². The molecule has 0 bridgehead atoms. The molecule has 3 rings (SSSR count). The zero-order valence-electron chi connectivity index (χ0n) is 16.4. The first kappa shape index (κ1) is 20.9. The van der Waals surface area contributed by atoms with Crippen molar-refractivity contribution >= 4 is 17.5 Å². The summed E-state index contributed by atoms with van der Waals surface area (Å²) in [6, 6.07) is 13.2. The molecule has 5 nitrogen and oxygen atoms in total. The number of carbonyl (C=O) groups excluding carboxylic acids is 2. The number of anilines is 1. The second-order valence-electron chi connectivity index (χ2n) is 7.37. The van der Waals surface area contributed by atoms with Gasteiger partial charge in [-0.25, -0.2) is 8.78 Å². The topological polar surface area (TPSA) is 52.7 Å². The highest BCUT2D eigenvalue weighted by atomic mass is 19.1. The van der Waals surface area contributed by atoms with Crippen molar-refractivity contribution in [2.45, 2.75) is 19.4 Å². The molecule has 7 heteroatoms. The highest BCUT2D eigenvalue weighted by molar-refractivity contribution is 6.00. The molecule has 1 atom stereocenters. The van der Waals surface area contributed by atoms with Gasteiger partial charge in [0.2, 0.25) is 11.8 Å². The second kappa shape index (κ2) is 9.60. The fourth-order valence-corrected chi connectivity index (χ4v) is 3.50. The molecule has 0 radical (unpaired) electrons. The summed E-state index contributed by atoms with van der Waals surface area (Å²) in [6.45, 7) is 2.27. The summed E-state index contributed by atoms with van der Waals surface area (Å²) >= 11 is 0. The highest BCUT2D eigenvalue weighted by Gasteiger charge is 2.36. The molecule has 1 N–H and O–H groups in total. The average molecular weight is 401 g/mol. The van der Waals surface area contributed by atoms with Crippen LogP contribution in [0.1, 0.15) is 18.4 Å². The Balaban J connectivity index is 1.42. The van der Waals surface area contributed by atoms with Crippen LogP contribution in [-0.4, -0.2) is 43.4 Å². The normalized spacial score (nSPS) is 16.5. The lowest BCUT2D eigenvalue weighted by Crippen LogP contribution is -2.34. The Hall–Kier alpha value is -2.80. The minimum absolute atomic E-state index is 0.00855. The van der Waals surface area contributed by atoms with Crippen LogP contribution in [0.25, 0.3) is 0 Å². The van der Waals surface area contributed by atoms with Crippen molar-refractivity contribution in [3.63, 3.8) is 0 Å². The Kier molecular flexibility index (Phi) is 6.93. The number of nitrogens with zero attached hydrogens (tertiary/aromatic N) is 2. The standard InChI is InChI=1S/C22H25F2N3O2/c1-26(14-16-6-3-2-4-7-16)11-5-10-25-22(29)17-12-21(28)27(15-17)20-9-8-18(23)13-19(20)24/h2-4,6-9,13,17H,5,10-12,14-15H2,1H3,(H,25,29). The van der Waals surface area contributed by atoms with Crippen molar-refractivity contribution < 1.29 is 18.4 Å². The smallest absolute Gasteiger partial charge is 0.227 e. The Bertz CT molecular complexity index is 860. The number of hydrogen-bond donors (Lipinski definition) is 1. The zero-order chi connectivity index (χ0) is 20.8. The molecule has 1 aliphatic rings. The molecule has 1 fully saturated rings. The fraction of sp³-hybridized carbons (Fsp3) is 0.364. The largest absolute Gasteiger partial charge is 0.356 e. The SMILES string of the molecule is CN(CCCNC(=O)C1CC(=O)N(c2ccc(F)cc2F)C1)Cc1ccccc1. The Labute approximate surface area is 169 Å². The van der Waals surface area contributed by atoms with Crippen molar-refractivity contribution in [1.29, 1.82) is 0 Å². The van der Waals surface area contributed by atoms with E-state index in [9.17, 15) is 18.4 Å². The Morgan fingerprint density at radius 2 is 1.97 bits per heavy atom. The van der Waals surface area contributed by atoms with Gasteiger partial charge < -0.3 is 15.1 Å². The molecule has 154 valence electrons. The number of benzene rings is 2. The number of halogens is 2. The predicted molar refractivity (Wildman–Crippen MR) is 107 cm³/mol. The molecule has 2 aromatic carbocycles. The van der Waals surface area contributed by atoms with Crippen molar-refractivity contribution in [1.82, 2.24) is 10.2 Å². The van der Waals surface area contributed by atoms with Crippen LogP contribution in [0.2, 0.25) is 0 Å². The van der Waals surface area contributed by atoms with Crippen LogP contribution in [0.15, 0.2) is 48.5 Å². The Morgan fingerprint density at radius 3 is 2.69 bits per heavy atom. The fourth-order valence-electron chi connectivity index (χ4n) is 3.50. The zero-order valence-corrected chi connectivity index (χ0v) is 16.4. The summed E-state index contributed by atoms with van der Waals surface area (Å²) in [5.74, 6) is -2.59. The molecular formula is C22H25F2N3O2. The molecule has 1 aliphatic heterocycles. The molecule has 1 unspecified atom stereocenters. The van der Waals surface area contributed by atoms with Gasteiger partial charge >= 0.3 is 0 Å². The molecular weight excluding hydrogens is 376 g/mol. The number of hydrogen-bond acceptors (Lipinski definition) is 3. The summed E-state index contributed by atoms with van der Waals surface area (Å²) in [5.41, 5.74) is 1.24. The van der Waals surface area contributed by atoms with Gasteiger partial charge in [-0.05, 0) is 37.7 Å². The molecule has 0 aromatic heterocycles. The van der Waals surface area contributed by atoms with Crippen LogP contribution >= 0.6 is 0 Å². The summed E-state index contributed by atoms with van der Waals surface area (Å²) in [7, 11) is 2.03. The van der Waals surface area contributed by atoms with Gasteiger partial charge in [-0.2, -0.15) is 0 Å². The molecule has 0 aliphatic carbocycles. The van der Waals surface area contributed by atoms with Crippen molar-refractivity contribution in [3.05, 3.63) is 65.7 Å². The van der Waals surface area contributed by atoms with Crippen molar-refractivity contribution in [2.24, 2.45) is 5.92 Å². The monoisotopic (exact) mass is 401 g/mol. The van der Waals surface area contributed by atoms with Crippen molar-refractivity contribution in [3.8, 4) is 0 Å². The molecule has 1 saturated heterocycles. The van der Waals surface area contributed by atoms with Crippen LogP contribution < -0.4 is 10.2 Å². The number of carbonyl (C=O) groups is 2. The summed E-state index contributed by atoms with van der Waals surface area (Å²) in [6.07, 6.45) is 0.808. The van der Waals surface area contributed by atoms with Gasteiger partial charge in [-0.3, -0.25) is 9.59 Å². The maximum Gasteiger partial charge on any atom is 0.227 e. The minimum atomic E-state index is -0.805. The number of rotatable bonds is 8. The van der Waals surface area contributed by atoms with Gasteiger partial charge in [0, 0.05) is 32.1 Å². The molecule has 2 aromatic rings. The average Bonchev–Trinajstić information content (AvgIpc) is 3.07. The van der Waals surface area contributed by atoms with E-state index >= 15 is 0 Å². The molecule has 29 heavy (non-hydrogen) atoms. The van der Waals surface area contributed by atoms with E-state index in [0.717, 1.165) is 31.6 Å². The van der Waals surface area contributed by atoms with E-state index in [0.29, 0.717) is 6.54 Å². The lowest BCUT2D eigenvalue weighted by molar-refractivity contribution is -0.126. The third-order valence-electron chi connectivity index (χ3n) is 5.01. The maximum absolute atomic E-state index is 13.9. The van der Waals surface area contributed by atoms with E-state index < -0.39 is 17.6 Å². The van der Waals surface area contributed by atoms with E-state index in [-0.39, 0.29) is 30.5 Å². The first-order valence-corrected chi connectivity index (χ1v) is 9.69. The van der Waals surface area contributed by atoms with Crippen molar-refractivity contribution in [2.75, 3.05) is 31.6 Å². The third kappa shape index (κ3) is 5.60.